The van der Waals surface area contributed by atoms with Crippen molar-refractivity contribution >= 4 is 15.9 Å². The SMILES string of the molecule is COc1ccc(OC)c(S(=O)(=O)N2CCC[C@H](C(=O)N[C@H](C)c3ccc(F)cc3)C2)c1. The minimum Gasteiger partial charge on any atom is -0.497 e. The second-order valence-corrected chi connectivity index (χ2v) is 9.41. The third-order valence-corrected chi connectivity index (χ3v) is 7.36. The minimum absolute atomic E-state index is 0.00934. The molecular formula is C22H27FN2O5S. The van der Waals surface area contributed by atoms with E-state index in [4.69, 9.17) is 9.47 Å². The van der Waals surface area contributed by atoms with Gasteiger partial charge in [0.1, 0.15) is 22.2 Å². The Hall–Kier alpha value is -2.65. The number of halogens is 1. The lowest BCUT2D eigenvalue weighted by Crippen LogP contribution is -2.45. The highest BCUT2D eigenvalue weighted by Crippen LogP contribution is 2.32. The van der Waals surface area contributed by atoms with Crippen molar-refractivity contribution in [2.24, 2.45) is 5.92 Å². The molecule has 9 heteroatoms. The number of hydrogen-bond donors (Lipinski definition) is 1. The molecule has 0 aliphatic carbocycles. The van der Waals surface area contributed by atoms with Gasteiger partial charge in [0, 0.05) is 19.2 Å². The van der Waals surface area contributed by atoms with Crippen LogP contribution < -0.4 is 14.8 Å². The molecule has 1 fully saturated rings. The van der Waals surface area contributed by atoms with Gasteiger partial charge >= 0.3 is 0 Å². The predicted molar refractivity (Wildman–Crippen MR) is 114 cm³/mol. The fourth-order valence-corrected chi connectivity index (χ4v) is 5.36. The van der Waals surface area contributed by atoms with Crippen molar-refractivity contribution in [2.45, 2.75) is 30.7 Å². The van der Waals surface area contributed by atoms with Crippen molar-refractivity contribution in [2.75, 3.05) is 27.3 Å². The van der Waals surface area contributed by atoms with E-state index in [1.165, 1.54) is 36.7 Å². The van der Waals surface area contributed by atoms with E-state index in [2.05, 4.69) is 5.32 Å². The van der Waals surface area contributed by atoms with Crippen molar-refractivity contribution in [1.29, 1.82) is 0 Å². The summed E-state index contributed by atoms with van der Waals surface area (Å²) in [5.41, 5.74) is 0.774. The molecule has 7 nitrogen and oxygen atoms in total. The smallest absolute Gasteiger partial charge is 0.246 e. The number of carbonyl (C=O) groups excluding carboxylic acids is 1. The van der Waals surface area contributed by atoms with Crippen LogP contribution in [0, 0.1) is 11.7 Å². The van der Waals surface area contributed by atoms with Gasteiger partial charge in [0.05, 0.1) is 26.2 Å². The first kappa shape index (κ1) is 23.0. The Morgan fingerprint density at radius 2 is 1.87 bits per heavy atom. The highest BCUT2D eigenvalue weighted by molar-refractivity contribution is 7.89. The predicted octanol–water partition coefficient (Wildman–Crippen LogP) is 3.12. The van der Waals surface area contributed by atoms with E-state index in [1.54, 1.807) is 24.3 Å². The topological polar surface area (TPSA) is 84.9 Å². The van der Waals surface area contributed by atoms with Gasteiger partial charge in [-0.15, -0.1) is 0 Å². The lowest BCUT2D eigenvalue weighted by molar-refractivity contribution is -0.126. The van der Waals surface area contributed by atoms with Crippen molar-refractivity contribution in [3.05, 3.63) is 53.8 Å². The summed E-state index contributed by atoms with van der Waals surface area (Å²) in [5, 5.41) is 2.91. The number of benzene rings is 2. The van der Waals surface area contributed by atoms with Gasteiger partial charge in [0.15, 0.2) is 0 Å². The first-order valence-electron chi connectivity index (χ1n) is 10.0. The highest BCUT2D eigenvalue weighted by atomic mass is 32.2. The molecule has 1 N–H and O–H groups in total. The van der Waals surface area contributed by atoms with Gasteiger partial charge in [0.25, 0.3) is 0 Å². The molecule has 1 amide bonds. The zero-order valence-electron chi connectivity index (χ0n) is 17.8. The second-order valence-electron chi connectivity index (χ2n) is 7.50. The Kier molecular flexibility index (Phi) is 7.17. The summed E-state index contributed by atoms with van der Waals surface area (Å²) >= 11 is 0. The molecule has 0 saturated carbocycles. The Morgan fingerprint density at radius 1 is 1.16 bits per heavy atom. The van der Waals surface area contributed by atoms with E-state index in [1.807, 2.05) is 6.92 Å². The molecule has 1 saturated heterocycles. The molecule has 1 aliphatic rings. The maximum Gasteiger partial charge on any atom is 0.246 e. The van der Waals surface area contributed by atoms with Crippen LogP contribution in [0.3, 0.4) is 0 Å². The molecule has 31 heavy (non-hydrogen) atoms. The van der Waals surface area contributed by atoms with Gasteiger partial charge in [-0.25, -0.2) is 12.8 Å². The Morgan fingerprint density at radius 3 is 2.52 bits per heavy atom. The van der Waals surface area contributed by atoms with Gasteiger partial charge in [-0.05, 0) is 49.6 Å². The third-order valence-electron chi connectivity index (χ3n) is 5.47. The number of sulfonamides is 1. The lowest BCUT2D eigenvalue weighted by Gasteiger charge is -2.32. The molecule has 0 unspecified atom stereocenters. The number of methoxy groups -OCH3 is 2. The summed E-state index contributed by atoms with van der Waals surface area (Å²) in [4.78, 5) is 12.8. The maximum absolute atomic E-state index is 13.3. The number of nitrogens with one attached hydrogen (secondary N) is 1. The van der Waals surface area contributed by atoms with E-state index in [-0.39, 0.29) is 35.0 Å². The average Bonchev–Trinajstić information content (AvgIpc) is 2.79. The van der Waals surface area contributed by atoms with Crippen LogP contribution in [0.15, 0.2) is 47.4 Å². The first-order chi connectivity index (χ1) is 14.8. The van der Waals surface area contributed by atoms with Crippen LogP contribution in [0.4, 0.5) is 4.39 Å². The second kappa shape index (κ2) is 9.65. The first-order valence-corrected chi connectivity index (χ1v) is 11.5. The summed E-state index contributed by atoms with van der Waals surface area (Å²) in [7, 11) is -1.02. The zero-order chi connectivity index (χ0) is 22.6. The van der Waals surface area contributed by atoms with E-state index < -0.39 is 15.9 Å². The van der Waals surface area contributed by atoms with E-state index in [9.17, 15) is 17.6 Å². The van der Waals surface area contributed by atoms with Gasteiger partial charge in [-0.1, -0.05) is 12.1 Å². The number of rotatable bonds is 7. The normalized spacial score (nSPS) is 18.3. The number of carbonyl (C=O) groups is 1. The van der Waals surface area contributed by atoms with Crippen LogP contribution in [0.5, 0.6) is 11.5 Å². The maximum atomic E-state index is 13.3. The molecule has 1 aliphatic heterocycles. The van der Waals surface area contributed by atoms with Gasteiger partial charge in [0.2, 0.25) is 15.9 Å². The zero-order valence-corrected chi connectivity index (χ0v) is 18.6. The van der Waals surface area contributed by atoms with Crippen LogP contribution in [0.25, 0.3) is 0 Å². The van der Waals surface area contributed by atoms with Gasteiger partial charge in [-0.2, -0.15) is 4.31 Å². The molecule has 0 radical (unpaired) electrons. The van der Waals surface area contributed by atoms with E-state index in [0.717, 1.165) is 5.56 Å². The van der Waals surface area contributed by atoms with E-state index >= 15 is 0 Å². The van der Waals surface area contributed by atoms with Crippen LogP contribution in [-0.4, -0.2) is 45.9 Å². The highest BCUT2D eigenvalue weighted by Gasteiger charge is 2.35. The van der Waals surface area contributed by atoms with Crippen molar-refractivity contribution < 1.29 is 27.1 Å². The molecule has 2 aromatic rings. The molecule has 0 bridgehead atoms. The van der Waals surface area contributed by atoms with Gasteiger partial charge < -0.3 is 14.8 Å². The molecule has 1 heterocycles. The van der Waals surface area contributed by atoms with Crippen LogP contribution in [0.1, 0.15) is 31.4 Å². The quantitative estimate of drug-likeness (QED) is 0.701. The van der Waals surface area contributed by atoms with Crippen molar-refractivity contribution in [3.63, 3.8) is 0 Å². The minimum atomic E-state index is -3.88. The Labute approximate surface area is 182 Å². The summed E-state index contributed by atoms with van der Waals surface area (Å²) in [6, 6.07) is 10.2. The number of amides is 1. The Balaban J connectivity index is 1.75. The summed E-state index contributed by atoms with van der Waals surface area (Å²) < 4.78 is 51.5. The number of ether oxygens (including phenoxy) is 2. The van der Waals surface area contributed by atoms with Crippen LogP contribution in [-0.2, 0) is 14.8 Å². The molecule has 3 rings (SSSR count). The molecular weight excluding hydrogens is 423 g/mol. The summed E-state index contributed by atoms with van der Waals surface area (Å²) in [5.74, 6) is -0.433. The number of hydrogen-bond acceptors (Lipinski definition) is 5. The molecule has 0 aromatic heterocycles. The van der Waals surface area contributed by atoms with Gasteiger partial charge in [-0.3, -0.25) is 4.79 Å². The largest absolute Gasteiger partial charge is 0.497 e. The molecule has 0 spiro atoms. The lowest BCUT2D eigenvalue weighted by atomic mass is 9.98. The van der Waals surface area contributed by atoms with Crippen LogP contribution in [0.2, 0.25) is 0 Å². The third kappa shape index (κ3) is 5.16. The molecule has 2 aromatic carbocycles. The molecule has 168 valence electrons. The average molecular weight is 451 g/mol. The monoisotopic (exact) mass is 450 g/mol. The number of nitrogens with zero attached hydrogens (tertiary/aromatic N) is 1. The fourth-order valence-electron chi connectivity index (χ4n) is 3.67. The standard InChI is InChI=1S/C22H27FN2O5S/c1-15(16-6-8-18(23)9-7-16)24-22(26)17-5-4-12-25(14-17)31(27,28)21-13-19(29-2)10-11-20(21)30-3/h6-11,13,15,17H,4-5,12,14H2,1-3H3,(H,24,26)/t15-,17+/m1/s1. The summed E-state index contributed by atoms with van der Waals surface area (Å²) in [6.45, 7) is 2.20. The Bertz CT molecular complexity index is 1030. The molecule has 2 atom stereocenters. The van der Waals surface area contributed by atoms with E-state index in [0.29, 0.717) is 25.1 Å². The fraction of sp³-hybridized carbons (Fsp3) is 0.409. The van der Waals surface area contributed by atoms with Crippen molar-refractivity contribution in [3.8, 4) is 11.5 Å². The number of piperidine rings is 1. The summed E-state index contributed by atoms with van der Waals surface area (Å²) in [6.07, 6.45) is 1.15. The van der Waals surface area contributed by atoms with Crippen LogP contribution >= 0.6 is 0 Å². The van der Waals surface area contributed by atoms with Crippen molar-refractivity contribution in [1.82, 2.24) is 9.62 Å².